The maximum absolute atomic E-state index is 11.9. The third-order valence-electron chi connectivity index (χ3n) is 3.04. The molecule has 5 nitrogen and oxygen atoms in total. The van der Waals surface area contributed by atoms with Crippen LogP contribution in [0.15, 0.2) is 36.5 Å². The van der Waals surface area contributed by atoms with E-state index in [2.05, 4.69) is 15.6 Å². The quantitative estimate of drug-likeness (QED) is 0.741. The second kappa shape index (κ2) is 8.72. The van der Waals surface area contributed by atoms with E-state index in [9.17, 15) is 4.79 Å². The number of hydrogen-bond acceptors (Lipinski definition) is 4. The summed E-state index contributed by atoms with van der Waals surface area (Å²) in [5.41, 5.74) is 1.74. The predicted molar refractivity (Wildman–Crippen MR) is 92.8 cm³/mol. The first-order chi connectivity index (χ1) is 11.1. The fourth-order valence-corrected chi connectivity index (χ4v) is 2.21. The summed E-state index contributed by atoms with van der Waals surface area (Å²) in [4.78, 5) is 16.0. The molecular weight excluding hydrogens is 337 g/mol. The van der Waals surface area contributed by atoms with Gasteiger partial charge in [-0.15, -0.1) is 0 Å². The minimum Gasteiger partial charge on any atom is -0.385 e. The number of nitrogens with zero attached hydrogens (tertiary/aromatic N) is 1. The van der Waals surface area contributed by atoms with Gasteiger partial charge in [-0.2, -0.15) is 0 Å². The molecule has 2 N–H and O–H groups in total. The first kappa shape index (κ1) is 17.5. The number of halogens is 2. The van der Waals surface area contributed by atoms with Crippen molar-refractivity contribution in [3.63, 3.8) is 0 Å². The van der Waals surface area contributed by atoms with E-state index in [0.29, 0.717) is 40.3 Å². The number of hydrogen-bond donors (Lipinski definition) is 2. The summed E-state index contributed by atoms with van der Waals surface area (Å²) in [5, 5.41) is 6.80. The summed E-state index contributed by atoms with van der Waals surface area (Å²) in [6.07, 6.45) is 2.33. The Morgan fingerprint density at radius 3 is 2.78 bits per heavy atom. The lowest BCUT2D eigenvalue weighted by Crippen LogP contribution is -2.26. The summed E-state index contributed by atoms with van der Waals surface area (Å²) >= 11 is 12.1. The molecule has 0 saturated carbocycles. The Labute approximate surface area is 145 Å². The minimum atomic E-state index is -0.214. The van der Waals surface area contributed by atoms with Crippen LogP contribution in [0.4, 0.5) is 11.4 Å². The largest absolute Gasteiger partial charge is 0.385 e. The van der Waals surface area contributed by atoms with Crippen LogP contribution in [0.25, 0.3) is 0 Å². The number of anilines is 2. The molecule has 0 bridgehead atoms. The molecule has 0 saturated heterocycles. The van der Waals surface area contributed by atoms with Crippen molar-refractivity contribution in [3.8, 4) is 0 Å². The maximum atomic E-state index is 11.9. The molecule has 0 unspecified atom stereocenters. The molecule has 0 atom stereocenters. The van der Waals surface area contributed by atoms with Crippen LogP contribution in [0.3, 0.4) is 0 Å². The molecule has 122 valence electrons. The number of amides is 1. The van der Waals surface area contributed by atoms with Crippen LogP contribution in [0.5, 0.6) is 0 Å². The lowest BCUT2D eigenvalue weighted by molar-refractivity contribution is 0.0943. The van der Waals surface area contributed by atoms with E-state index in [1.807, 2.05) is 6.07 Å². The van der Waals surface area contributed by atoms with Crippen LogP contribution < -0.4 is 10.6 Å². The maximum Gasteiger partial charge on any atom is 0.269 e. The average Bonchev–Trinajstić information content (AvgIpc) is 2.56. The van der Waals surface area contributed by atoms with E-state index in [1.165, 1.54) is 0 Å². The van der Waals surface area contributed by atoms with Gasteiger partial charge in [-0.05, 0) is 30.7 Å². The monoisotopic (exact) mass is 353 g/mol. The highest BCUT2D eigenvalue weighted by Crippen LogP contribution is 2.31. The minimum absolute atomic E-state index is 0.214. The van der Waals surface area contributed by atoms with Gasteiger partial charge in [-0.3, -0.25) is 4.79 Å². The number of rotatable bonds is 7. The number of aromatic nitrogens is 1. The van der Waals surface area contributed by atoms with Crippen LogP contribution in [0, 0.1) is 0 Å². The van der Waals surface area contributed by atoms with Gasteiger partial charge in [0.2, 0.25) is 0 Å². The molecule has 23 heavy (non-hydrogen) atoms. The molecule has 0 radical (unpaired) electrons. The molecule has 0 aliphatic heterocycles. The van der Waals surface area contributed by atoms with Crippen LogP contribution >= 0.6 is 23.2 Å². The number of ether oxygens (including phenoxy) is 1. The lowest BCUT2D eigenvalue weighted by Gasteiger charge is -2.09. The molecule has 1 amide bonds. The highest BCUT2D eigenvalue weighted by atomic mass is 35.5. The Balaban J connectivity index is 1.96. The molecule has 0 fully saturated rings. The fraction of sp³-hybridized carbons (Fsp3) is 0.250. The highest BCUT2D eigenvalue weighted by Gasteiger charge is 2.08. The molecule has 1 aromatic carbocycles. The van der Waals surface area contributed by atoms with E-state index >= 15 is 0 Å². The second-order valence-electron chi connectivity index (χ2n) is 4.76. The van der Waals surface area contributed by atoms with Crippen molar-refractivity contribution in [1.29, 1.82) is 0 Å². The zero-order valence-corrected chi connectivity index (χ0v) is 14.1. The van der Waals surface area contributed by atoms with E-state index in [1.54, 1.807) is 37.6 Å². The number of pyridine rings is 1. The van der Waals surface area contributed by atoms with Crippen molar-refractivity contribution in [1.82, 2.24) is 10.3 Å². The lowest BCUT2D eigenvalue weighted by atomic mass is 10.2. The van der Waals surface area contributed by atoms with Gasteiger partial charge in [0.05, 0.1) is 27.6 Å². The van der Waals surface area contributed by atoms with Crippen LogP contribution in [-0.4, -0.2) is 31.2 Å². The van der Waals surface area contributed by atoms with Gasteiger partial charge >= 0.3 is 0 Å². The molecule has 0 aliphatic rings. The van der Waals surface area contributed by atoms with Crippen molar-refractivity contribution in [2.75, 3.05) is 25.6 Å². The zero-order chi connectivity index (χ0) is 16.7. The van der Waals surface area contributed by atoms with Crippen molar-refractivity contribution >= 4 is 40.5 Å². The molecule has 2 aromatic rings. The van der Waals surface area contributed by atoms with Gasteiger partial charge in [-0.25, -0.2) is 4.98 Å². The van der Waals surface area contributed by atoms with Crippen LogP contribution in [0.1, 0.15) is 16.9 Å². The van der Waals surface area contributed by atoms with Gasteiger partial charge in [0.15, 0.2) is 0 Å². The summed E-state index contributed by atoms with van der Waals surface area (Å²) < 4.78 is 4.92. The van der Waals surface area contributed by atoms with Gasteiger partial charge in [0.25, 0.3) is 5.91 Å². The summed E-state index contributed by atoms with van der Waals surface area (Å²) in [6.45, 7) is 1.16. The van der Waals surface area contributed by atoms with Crippen molar-refractivity contribution in [3.05, 3.63) is 52.3 Å². The number of methoxy groups -OCH3 is 1. The van der Waals surface area contributed by atoms with E-state index in [4.69, 9.17) is 27.9 Å². The van der Waals surface area contributed by atoms with Gasteiger partial charge < -0.3 is 15.4 Å². The number of nitrogens with one attached hydrogen (secondary N) is 2. The highest BCUT2D eigenvalue weighted by molar-refractivity contribution is 6.43. The van der Waals surface area contributed by atoms with Crippen LogP contribution in [-0.2, 0) is 4.74 Å². The Bertz CT molecular complexity index is 663. The zero-order valence-electron chi connectivity index (χ0n) is 12.6. The van der Waals surface area contributed by atoms with Gasteiger partial charge in [0.1, 0.15) is 5.69 Å². The molecule has 1 aromatic heterocycles. The molecular formula is C16H17Cl2N3O2. The average molecular weight is 354 g/mol. The van der Waals surface area contributed by atoms with Crippen molar-refractivity contribution in [2.45, 2.75) is 6.42 Å². The number of carbonyl (C=O) groups is 1. The van der Waals surface area contributed by atoms with Gasteiger partial charge in [-0.1, -0.05) is 29.3 Å². The molecule has 0 aliphatic carbocycles. The smallest absolute Gasteiger partial charge is 0.269 e. The molecule has 0 spiro atoms. The summed E-state index contributed by atoms with van der Waals surface area (Å²) in [7, 11) is 1.63. The third-order valence-corrected chi connectivity index (χ3v) is 3.86. The Hall–Kier alpha value is -1.82. The predicted octanol–water partition coefficient (Wildman–Crippen LogP) is 3.90. The molecule has 1 heterocycles. The summed E-state index contributed by atoms with van der Waals surface area (Å²) in [5.74, 6) is -0.214. The fourth-order valence-electron chi connectivity index (χ4n) is 1.87. The summed E-state index contributed by atoms with van der Waals surface area (Å²) in [6, 6.07) is 8.72. The molecule has 7 heteroatoms. The van der Waals surface area contributed by atoms with E-state index in [-0.39, 0.29) is 5.91 Å². The first-order valence-electron chi connectivity index (χ1n) is 7.06. The second-order valence-corrected chi connectivity index (χ2v) is 5.55. The Kier molecular flexibility index (Phi) is 6.65. The van der Waals surface area contributed by atoms with Crippen molar-refractivity contribution in [2.24, 2.45) is 0 Å². The van der Waals surface area contributed by atoms with Crippen LogP contribution in [0.2, 0.25) is 10.0 Å². The standard InChI is InChI=1S/C16H17Cl2N3O2/c1-23-9-3-8-19-16(22)14-7-6-11(10-20-14)21-13-5-2-4-12(17)15(13)18/h2,4-7,10,21H,3,8-9H2,1H3,(H,19,22). The normalized spacial score (nSPS) is 10.4. The SMILES string of the molecule is COCCCNC(=O)c1ccc(Nc2cccc(Cl)c2Cl)cn1. The topological polar surface area (TPSA) is 63.2 Å². The third kappa shape index (κ3) is 5.10. The van der Waals surface area contributed by atoms with E-state index < -0.39 is 0 Å². The van der Waals surface area contributed by atoms with Gasteiger partial charge in [0, 0.05) is 20.3 Å². The Morgan fingerprint density at radius 2 is 2.09 bits per heavy atom. The number of carbonyl (C=O) groups excluding carboxylic acids is 1. The Morgan fingerprint density at radius 1 is 1.26 bits per heavy atom. The molecule has 2 rings (SSSR count). The van der Waals surface area contributed by atoms with Crippen molar-refractivity contribution < 1.29 is 9.53 Å². The van der Waals surface area contributed by atoms with E-state index in [0.717, 1.165) is 6.42 Å². The number of benzene rings is 1. The first-order valence-corrected chi connectivity index (χ1v) is 7.81.